The zero-order chi connectivity index (χ0) is 20.2. The zero-order valence-corrected chi connectivity index (χ0v) is 17.1. The third-order valence-electron chi connectivity index (χ3n) is 6.30. The van der Waals surface area contributed by atoms with Gasteiger partial charge in [0, 0.05) is 31.3 Å². The van der Waals surface area contributed by atoms with Crippen molar-refractivity contribution in [1.29, 1.82) is 0 Å². The molecule has 0 amide bonds. The molecular weight excluding hydrogens is 390 g/mol. The molecule has 0 saturated carbocycles. The molecule has 5 nitrogen and oxygen atoms in total. The van der Waals surface area contributed by atoms with Gasteiger partial charge in [0.1, 0.15) is 12.2 Å². The number of esters is 1. The van der Waals surface area contributed by atoms with Gasteiger partial charge in [-0.05, 0) is 36.8 Å². The fourth-order valence-electron chi connectivity index (χ4n) is 4.78. The van der Waals surface area contributed by atoms with Gasteiger partial charge in [-0.2, -0.15) is 0 Å². The molecule has 6 heteroatoms. The van der Waals surface area contributed by atoms with Crippen LogP contribution >= 0.6 is 11.6 Å². The van der Waals surface area contributed by atoms with Gasteiger partial charge in [-0.1, -0.05) is 29.8 Å². The Bertz CT molecular complexity index is 1020. The first-order valence-corrected chi connectivity index (χ1v) is 10.2. The molecule has 29 heavy (non-hydrogen) atoms. The Balaban J connectivity index is 1.46. The molecule has 2 aromatic rings. The van der Waals surface area contributed by atoms with Crippen molar-refractivity contribution in [2.75, 3.05) is 25.6 Å². The molecular formula is C23H22ClNO4. The molecule has 1 spiro atoms. The summed E-state index contributed by atoms with van der Waals surface area (Å²) in [5, 5.41) is 0.392. The number of benzene rings is 2. The van der Waals surface area contributed by atoms with Crippen LogP contribution in [0.15, 0.2) is 48.6 Å². The second-order valence-electron chi connectivity index (χ2n) is 7.83. The number of nitrogens with zero attached hydrogens (tertiary/aromatic N) is 1. The monoisotopic (exact) mass is 411 g/mol. The minimum Gasteiger partial charge on any atom is -0.493 e. The van der Waals surface area contributed by atoms with E-state index in [-0.39, 0.29) is 17.6 Å². The first-order valence-electron chi connectivity index (χ1n) is 9.77. The summed E-state index contributed by atoms with van der Waals surface area (Å²) in [5.41, 5.74) is 2.52. The summed E-state index contributed by atoms with van der Waals surface area (Å²) >= 11 is 6.14. The molecule has 0 radical (unpaired) electrons. The van der Waals surface area contributed by atoms with E-state index in [0.29, 0.717) is 17.0 Å². The number of rotatable bonds is 3. The molecule has 0 fully saturated rings. The first kappa shape index (κ1) is 18.4. The van der Waals surface area contributed by atoms with Crippen molar-refractivity contribution in [2.24, 2.45) is 0 Å². The summed E-state index contributed by atoms with van der Waals surface area (Å²) in [6.07, 6.45) is 5.25. The maximum Gasteiger partial charge on any atom is 0.340 e. The summed E-state index contributed by atoms with van der Waals surface area (Å²) in [4.78, 5) is 14.9. The van der Waals surface area contributed by atoms with E-state index in [1.54, 1.807) is 31.4 Å². The summed E-state index contributed by atoms with van der Waals surface area (Å²) in [6, 6.07) is 11.0. The lowest BCUT2D eigenvalue weighted by molar-refractivity contribution is 0.0221. The second-order valence-corrected chi connectivity index (χ2v) is 8.24. The second kappa shape index (κ2) is 6.70. The van der Waals surface area contributed by atoms with Crippen LogP contribution in [-0.4, -0.2) is 38.9 Å². The number of carbonyl (C=O) groups is 1. The molecule has 3 aliphatic rings. The van der Waals surface area contributed by atoms with E-state index in [2.05, 4.69) is 24.1 Å². The van der Waals surface area contributed by atoms with E-state index < -0.39 is 5.97 Å². The summed E-state index contributed by atoms with van der Waals surface area (Å²) in [7, 11) is 3.76. The highest BCUT2D eigenvalue weighted by molar-refractivity contribution is 6.33. The van der Waals surface area contributed by atoms with Crippen molar-refractivity contribution in [2.45, 2.75) is 30.5 Å². The Morgan fingerprint density at radius 1 is 1.28 bits per heavy atom. The van der Waals surface area contributed by atoms with Gasteiger partial charge in [0.15, 0.2) is 11.5 Å². The fraction of sp³-hybridized carbons (Fsp3) is 0.348. The van der Waals surface area contributed by atoms with Crippen LogP contribution in [0.1, 0.15) is 28.8 Å². The third kappa shape index (κ3) is 2.71. The van der Waals surface area contributed by atoms with Gasteiger partial charge >= 0.3 is 5.97 Å². The number of hydrogen-bond donors (Lipinski definition) is 0. The molecule has 0 bridgehead atoms. The summed E-state index contributed by atoms with van der Waals surface area (Å²) in [6.45, 7) is 0.938. The lowest BCUT2D eigenvalue weighted by Gasteiger charge is -2.42. The molecule has 0 saturated heterocycles. The molecule has 150 valence electrons. The van der Waals surface area contributed by atoms with E-state index in [1.807, 2.05) is 12.1 Å². The van der Waals surface area contributed by atoms with Crippen molar-refractivity contribution in [3.8, 4) is 11.5 Å². The van der Waals surface area contributed by atoms with Crippen LogP contribution in [0.25, 0.3) is 0 Å². The predicted molar refractivity (Wildman–Crippen MR) is 111 cm³/mol. The minimum atomic E-state index is -0.418. The molecule has 1 aliphatic carbocycles. The SMILES string of the molecule is COc1ccc2c3c1OC1C[C@@H](OC(=O)c4ccccc4Cl)C=C[C@@]31CCN2C. The standard InChI is InChI=1S/C23H22ClNO4/c1-25-12-11-23-10-9-14(28-22(26)15-5-3-4-6-16(15)24)13-19(23)29-21-18(27-2)8-7-17(25)20(21)23/h3-10,14,19H,11-13H2,1-2H3/t14-,19?,23-/m0/s1. The molecule has 1 unspecified atom stereocenters. The van der Waals surface area contributed by atoms with Gasteiger partial charge in [-0.15, -0.1) is 0 Å². The van der Waals surface area contributed by atoms with Gasteiger partial charge in [-0.3, -0.25) is 0 Å². The highest BCUT2D eigenvalue weighted by atomic mass is 35.5. The van der Waals surface area contributed by atoms with Gasteiger partial charge in [0.2, 0.25) is 0 Å². The van der Waals surface area contributed by atoms with Crippen LogP contribution in [0.4, 0.5) is 5.69 Å². The van der Waals surface area contributed by atoms with Crippen molar-refractivity contribution in [3.63, 3.8) is 0 Å². The predicted octanol–water partition coefficient (Wildman–Crippen LogP) is 4.37. The Morgan fingerprint density at radius 2 is 2.10 bits per heavy atom. The number of halogens is 1. The smallest absolute Gasteiger partial charge is 0.340 e. The van der Waals surface area contributed by atoms with Crippen LogP contribution in [0.2, 0.25) is 5.02 Å². The van der Waals surface area contributed by atoms with E-state index in [4.69, 9.17) is 25.8 Å². The Morgan fingerprint density at radius 3 is 2.90 bits per heavy atom. The van der Waals surface area contributed by atoms with Gasteiger partial charge in [0.25, 0.3) is 0 Å². The van der Waals surface area contributed by atoms with Crippen LogP contribution < -0.4 is 14.4 Å². The maximum absolute atomic E-state index is 12.6. The maximum atomic E-state index is 12.6. The molecule has 3 atom stereocenters. The van der Waals surface area contributed by atoms with E-state index >= 15 is 0 Å². The van der Waals surface area contributed by atoms with Crippen molar-refractivity contribution >= 4 is 23.3 Å². The molecule has 2 aliphatic heterocycles. The normalized spacial score (nSPS) is 26.4. The summed E-state index contributed by atoms with van der Waals surface area (Å²) < 4.78 is 17.7. The lowest BCUT2D eigenvalue weighted by atomic mass is 9.67. The number of carbonyl (C=O) groups excluding carboxylic acids is 1. The highest BCUT2D eigenvalue weighted by Gasteiger charge is 2.54. The summed E-state index contributed by atoms with van der Waals surface area (Å²) in [5.74, 6) is 1.13. The van der Waals surface area contributed by atoms with Crippen LogP contribution in [0, 0.1) is 0 Å². The van der Waals surface area contributed by atoms with Crippen LogP contribution in [0.5, 0.6) is 11.5 Å². The Kier molecular flexibility index (Phi) is 4.24. The number of methoxy groups -OCH3 is 1. The number of anilines is 1. The zero-order valence-electron chi connectivity index (χ0n) is 16.4. The molecule has 5 rings (SSSR count). The first-order chi connectivity index (χ1) is 14.0. The van der Waals surface area contributed by atoms with E-state index in [1.165, 1.54) is 11.3 Å². The molecule has 0 aromatic heterocycles. The van der Waals surface area contributed by atoms with Crippen LogP contribution in [0.3, 0.4) is 0 Å². The number of ether oxygens (including phenoxy) is 3. The minimum absolute atomic E-state index is 0.102. The quantitative estimate of drug-likeness (QED) is 0.554. The molecule has 2 aromatic carbocycles. The van der Waals surface area contributed by atoms with Crippen molar-refractivity contribution in [3.05, 3.63) is 64.7 Å². The topological polar surface area (TPSA) is 48.0 Å². The average Bonchev–Trinajstić information content (AvgIpc) is 3.06. The van der Waals surface area contributed by atoms with Crippen molar-refractivity contribution < 1.29 is 19.0 Å². The fourth-order valence-corrected chi connectivity index (χ4v) is 5.00. The molecule has 0 N–H and O–H groups in total. The average molecular weight is 412 g/mol. The van der Waals surface area contributed by atoms with Gasteiger partial charge in [-0.25, -0.2) is 4.79 Å². The highest BCUT2D eigenvalue weighted by Crippen LogP contribution is 2.58. The Labute approximate surface area is 174 Å². The van der Waals surface area contributed by atoms with E-state index in [9.17, 15) is 4.79 Å². The van der Waals surface area contributed by atoms with E-state index in [0.717, 1.165) is 24.5 Å². The lowest BCUT2D eigenvalue weighted by Crippen LogP contribution is -2.47. The van der Waals surface area contributed by atoms with Gasteiger partial charge in [0.05, 0.1) is 23.1 Å². The number of hydrogen-bond acceptors (Lipinski definition) is 5. The Hall–Kier alpha value is -2.66. The van der Waals surface area contributed by atoms with Gasteiger partial charge < -0.3 is 19.1 Å². The van der Waals surface area contributed by atoms with Crippen LogP contribution in [-0.2, 0) is 10.2 Å². The molecule has 2 heterocycles. The largest absolute Gasteiger partial charge is 0.493 e. The van der Waals surface area contributed by atoms with Crippen molar-refractivity contribution in [1.82, 2.24) is 0 Å². The third-order valence-corrected chi connectivity index (χ3v) is 6.63.